The molecule has 0 aliphatic heterocycles. The standard InChI is InChI=1S/C16H17Cl2N3O/c1-3-10(2)20-16(22)15-7-5-12(9-19-15)21-11-4-6-13(17)14(18)8-11/h4-10,21H,3H2,1-2H3,(H,20,22). The molecule has 1 unspecified atom stereocenters. The Kier molecular flexibility index (Phi) is 5.63. The van der Waals surface area contributed by atoms with Gasteiger partial charge in [0.25, 0.3) is 5.91 Å². The molecule has 0 saturated carbocycles. The highest BCUT2D eigenvalue weighted by atomic mass is 35.5. The van der Waals surface area contributed by atoms with E-state index in [0.717, 1.165) is 17.8 Å². The molecule has 0 spiro atoms. The van der Waals surface area contributed by atoms with E-state index in [0.29, 0.717) is 15.7 Å². The second kappa shape index (κ2) is 7.47. The number of rotatable bonds is 5. The number of pyridine rings is 1. The molecule has 2 rings (SSSR count). The molecule has 0 aliphatic rings. The van der Waals surface area contributed by atoms with Crippen molar-refractivity contribution in [1.82, 2.24) is 10.3 Å². The predicted octanol–water partition coefficient (Wildman–Crippen LogP) is 4.66. The Balaban J connectivity index is 2.05. The van der Waals surface area contributed by atoms with E-state index < -0.39 is 0 Å². The maximum absolute atomic E-state index is 11.9. The molecular weight excluding hydrogens is 321 g/mol. The van der Waals surface area contributed by atoms with Crippen LogP contribution in [0.25, 0.3) is 0 Å². The molecule has 0 saturated heterocycles. The number of benzene rings is 1. The van der Waals surface area contributed by atoms with Gasteiger partial charge >= 0.3 is 0 Å². The van der Waals surface area contributed by atoms with Crippen molar-refractivity contribution in [1.29, 1.82) is 0 Å². The Bertz CT molecular complexity index is 659. The maximum Gasteiger partial charge on any atom is 0.270 e. The van der Waals surface area contributed by atoms with Gasteiger partial charge < -0.3 is 10.6 Å². The van der Waals surface area contributed by atoms with Crippen LogP contribution >= 0.6 is 23.2 Å². The van der Waals surface area contributed by atoms with E-state index in [1.54, 1.807) is 30.5 Å². The van der Waals surface area contributed by atoms with Crippen molar-refractivity contribution >= 4 is 40.5 Å². The molecule has 6 heteroatoms. The van der Waals surface area contributed by atoms with E-state index in [9.17, 15) is 4.79 Å². The average Bonchev–Trinajstić information content (AvgIpc) is 2.51. The molecule has 1 heterocycles. The Morgan fingerprint density at radius 1 is 1.18 bits per heavy atom. The molecule has 0 bridgehead atoms. The number of carbonyl (C=O) groups is 1. The first kappa shape index (κ1) is 16.6. The van der Waals surface area contributed by atoms with Gasteiger partial charge in [-0.2, -0.15) is 0 Å². The molecular formula is C16H17Cl2N3O. The largest absolute Gasteiger partial charge is 0.354 e. The summed E-state index contributed by atoms with van der Waals surface area (Å²) >= 11 is 11.8. The topological polar surface area (TPSA) is 54.0 Å². The molecule has 22 heavy (non-hydrogen) atoms. The van der Waals surface area contributed by atoms with E-state index in [4.69, 9.17) is 23.2 Å². The molecule has 2 N–H and O–H groups in total. The summed E-state index contributed by atoms with van der Waals surface area (Å²) in [5, 5.41) is 7.01. The number of carbonyl (C=O) groups excluding carboxylic acids is 1. The van der Waals surface area contributed by atoms with E-state index in [2.05, 4.69) is 15.6 Å². The minimum absolute atomic E-state index is 0.128. The van der Waals surface area contributed by atoms with Crippen LogP contribution in [0.5, 0.6) is 0 Å². The SMILES string of the molecule is CCC(C)NC(=O)c1ccc(Nc2ccc(Cl)c(Cl)c2)cn1. The van der Waals surface area contributed by atoms with Gasteiger partial charge in [0.1, 0.15) is 5.69 Å². The highest BCUT2D eigenvalue weighted by molar-refractivity contribution is 6.42. The van der Waals surface area contributed by atoms with Crippen LogP contribution in [0.3, 0.4) is 0 Å². The van der Waals surface area contributed by atoms with E-state index >= 15 is 0 Å². The fraction of sp³-hybridized carbons (Fsp3) is 0.250. The van der Waals surface area contributed by atoms with Crippen molar-refractivity contribution < 1.29 is 4.79 Å². The van der Waals surface area contributed by atoms with Crippen LogP contribution in [-0.2, 0) is 0 Å². The first-order valence-electron chi connectivity index (χ1n) is 6.98. The number of nitrogens with zero attached hydrogens (tertiary/aromatic N) is 1. The number of hydrogen-bond donors (Lipinski definition) is 2. The number of anilines is 2. The lowest BCUT2D eigenvalue weighted by Gasteiger charge is -2.11. The molecule has 4 nitrogen and oxygen atoms in total. The van der Waals surface area contributed by atoms with Crippen molar-refractivity contribution in [3.63, 3.8) is 0 Å². The molecule has 1 amide bonds. The Hall–Kier alpha value is -1.78. The molecule has 0 fully saturated rings. The zero-order chi connectivity index (χ0) is 16.1. The van der Waals surface area contributed by atoms with E-state index in [1.807, 2.05) is 19.9 Å². The summed E-state index contributed by atoms with van der Waals surface area (Å²) in [6, 6.07) is 8.86. The summed E-state index contributed by atoms with van der Waals surface area (Å²) in [4.78, 5) is 16.1. The highest BCUT2D eigenvalue weighted by Gasteiger charge is 2.09. The van der Waals surface area contributed by atoms with Crippen LogP contribution in [0.2, 0.25) is 10.0 Å². The number of nitrogens with one attached hydrogen (secondary N) is 2. The summed E-state index contributed by atoms with van der Waals surface area (Å²) in [6.45, 7) is 3.97. The molecule has 0 radical (unpaired) electrons. The lowest BCUT2D eigenvalue weighted by Crippen LogP contribution is -2.32. The van der Waals surface area contributed by atoms with E-state index in [1.165, 1.54) is 0 Å². The fourth-order valence-corrected chi connectivity index (χ4v) is 2.04. The van der Waals surface area contributed by atoms with Crippen molar-refractivity contribution in [2.45, 2.75) is 26.3 Å². The van der Waals surface area contributed by atoms with Crippen LogP contribution in [0.1, 0.15) is 30.8 Å². The van der Waals surface area contributed by atoms with Gasteiger partial charge in [-0.1, -0.05) is 30.1 Å². The Morgan fingerprint density at radius 3 is 2.50 bits per heavy atom. The minimum Gasteiger partial charge on any atom is -0.354 e. The van der Waals surface area contributed by atoms with Gasteiger partial charge in [-0.15, -0.1) is 0 Å². The van der Waals surface area contributed by atoms with Crippen molar-refractivity contribution in [2.24, 2.45) is 0 Å². The number of amides is 1. The van der Waals surface area contributed by atoms with Crippen LogP contribution in [0, 0.1) is 0 Å². The molecule has 116 valence electrons. The summed E-state index contributed by atoms with van der Waals surface area (Å²) < 4.78 is 0. The first-order valence-corrected chi connectivity index (χ1v) is 7.74. The lowest BCUT2D eigenvalue weighted by molar-refractivity contribution is 0.0934. The fourth-order valence-electron chi connectivity index (χ4n) is 1.74. The molecule has 1 atom stereocenters. The van der Waals surface area contributed by atoms with Crippen molar-refractivity contribution in [3.05, 3.63) is 52.3 Å². The zero-order valence-corrected chi connectivity index (χ0v) is 13.9. The van der Waals surface area contributed by atoms with Crippen molar-refractivity contribution in [3.8, 4) is 0 Å². The molecule has 1 aromatic carbocycles. The van der Waals surface area contributed by atoms with Gasteiger partial charge in [-0.3, -0.25) is 4.79 Å². The van der Waals surface area contributed by atoms with Crippen LogP contribution in [0.15, 0.2) is 36.5 Å². The molecule has 0 aliphatic carbocycles. The van der Waals surface area contributed by atoms with Gasteiger partial charge in [0.2, 0.25) is 0 Å². The summed E-state index contributed by atoms with van der Waals surface area (Å²) in [6.07, 6.45) is 2.48. The third kappa shape index (κ3) is 4.36. The second-order valence-electron chi connectivity index (χ2n) is 4.97. The normalized spacial score (nSPS) is 11.8. The van der Waals surface area contributed by atoms with Crippen LogP contribution in [-0.4, -0.2) is 16.9 Å². The quantitative estimate of drug-likeness (QED) is 0.834. The van der Waals surface area contributed by atoms with Crippen LogP contribution < -0.4 is 10.6 Å². The minimum atomic E-state index is -0.171. The smallest absolute Gasteiger partial charge is 0.270 e. The highest BCUT2D eigenvalue weighted by Crippen LogP contribution is 2.26. The average molecular weight is 338 g/mol. The van der Waals surface area contributed by atoms with E-state index in [-0.39, 0.29) is 11.9 Å². The van der Waals surface area contributed by atoms with Gasteiger partial charge in [0.05, 0.1) is 21.9 Å². The molecule has 2 aromatic rings. The Morgan fingerprint density at radius 2 is 1.91 bits per heavy atom. The lowest BCUT2D eigenvalue weighted by atomic mass is 10.2. The van der Waals surface area contributed by atoms with Gasteiger partial charge in [-0.05, 0) is 43.7 Å². The first-order chi connectivity index (χ1) is 10.5. The zero-order valence-electron chi connectivity index (χ0n) is 12.4. The van der Waals surface area contributed by atoms with Gasteiger partial charge in [0, 0.05) is 11.7 Å². The van der Waals surface area contributed by atoms with Gasteiger partial charge in [-0.25, -0.2) is 4.98 Å². The predicted molar refractivity (Wildman–Crippen MR) is 91.2 cm³/mol. The second-order valence-corrected chi connectivity index (χ2v) is 5.78. The summed E-state index contributed by atoms with van der Waals surface area (Å²) in [5.74, 6) is -0.171. The Labute approximate surface area is 139 Å². The van der Waals surface area contributed by atoms with Crippen molar-refractivity contribution in [2.75, 3.05) is 5.32 Å². The summed E-state index contributed by atoms with van der Waals surface area (Å²) in [7, 11) is 0. The number of halogens is 2. The van der Waals surface area contributed by atoms with Gasteiger partial charge in [0.15, 0.2) is 0 Å². The number of aromatic nitrogens is 1. The maximum atomic E-state index is 11.9. The third-order valence-electron chi connectivity index (χ3n) is 3.19. The molecule has 1 aromatic heterocycles. The van der Waals surface area contributed by atoms with Crippen LogP contribution in [0.4, 0.5) is 11.4 Å². The monoisotopic (exact) mass is 337 g/mol. The number of hydrogen-bond acceptors (Lipinski definition) is 3. The summed E-state index contributed by atoms with van der Waals surface area (Å²) in [5.41, 5.74) is 1.95. The third-order valence-corrected chi connectivity index (χ3v) is 3.93.